The zero-order chi connectivity index (χ0) is 19.3. The van der Waals surface area contributed by atoms with E-state index in [1.165, 1.54) is 20.0 Å². The number of amides is 2. The summed E-state index contributed by atoms with van der Waals surface area (Å²) < 4.78 is 36.4. The summed E-state index contributed by atoms with van der Waals surface area (Å²) in [7, 11) is -2.59. The molecule has 0 fully saturated rings. The van der Waals surface area contributed by atoms with Crippen molar-refractivity contribution in [2.24, 2.45) is 0 Å². The molecule has 11 heteroatoms. The molecule has 2 amide bonds. The van der Waals surface area contributed by atoms with Gasteiger partial charge in [0.2, 0.25) is 5.09 Å². The number of ether oxygens (including phenoxy) is 1. The van der Waals surface area contributed by atoms with E-state index >= 15 is 0 Å². The molecule has 140 valence electrons. The molecule has 2 rings (SSSR count). The number of hydrogen-bond acceptors (Lipinski definition) is 6. The van der Waals surface area contributed by atoms with Gasteiger partial charge in [0.1, 0.15) is 5.75 Å². The lowest BCUT2D eigenvalue weighted by Crippen LogP contribution is -2.47. The highest BCUT2D eigenvalue weighted by molar-refractivity contribution is 9.10. The first-order valence-corrected chi connectivity index (χ1v) is 9.56. The molecule has 0 saturated heterocycles. The summed E-state index contributed by atoms with van der Waals surface area (Å²) in [6.45, 7) is 1.51. The van der Waals surface area contributed by atoms with Gasteiger partial charge in [0.05, 0.1) is 0 Å². The van der Waals surface area contributed by atoms with Gasteiger partial charge in [-0.05, 0) is 44.3 Å². The van der Waals surface area contributed by atoms with Crippen molar-refractivity contribution in [3.05, 3.63) is 46.6 Å². The largest absolute Gasteiger partial charge is 0.481 e. The lowest BCUT2D eigenvalue weighted by Gasteiger charge is -2.15. The molecular formula is C15H16BrN3O6S. The molecule has 0 spiro atoms. The van der Waals surface area contributed by atoms with Gasteiger partial charge in [-0.2, -0.15) is 0 Å². The second-order valence-electron chi connectivity index (χ2n) is 4.99. The summed E-state index contributed by atoms with van der Waals surface area (Å²) in [6.07, 6.45) is -0.888. The Bertz CT molecular complexity index is 912. The number of carbonyl (C=O) groups is 2. The number of rotatable bonds is 6. The van der Waals surface area contributed by atoms with E-state index in [-0.39, 0.29) is 5.76 Å². The predicted molar refractivity (Wildman–Crippen MR) is 94.8 cm³/mol. The number of benzene rings is 1. The standard InChI is InChI=1S/C15H16BrN3O6S/c1-9(24-11-5-3-4-10(16)8-11)14(20)18-19-15(21)12-6-7-13(25-12)26(22,23)17-2/h3-9,17H,1-2H3,(H,18,20)(H,19,21). The van der Waals surface area contributed by atoms with Crippen LogP contribution in [0.1, 0.15) is 17.5 Å². The van der Waals surface area contributed by atoms with Gasteiger partial charge in [-0.1, -0.05) is 22.0 Å². The van der Waals surface area contributed by atoms with Gasteiger partial charge in [0.15, 0.2) is 11.9 Å². The number of hydrazine groups is 1. The number of carbonyl (C=O) groups excluding carboxylic acids is 2. The third-order valence-electron chi connectivity index (χ3n) is 3.12. The first kappa shape index (κ1) is 19.9. The van der Waals surface area contributed by atoms with Crippen LogP contribution < -0.4 is 20.3 Å². The van der Waals surface area contributed by atoms with Crippen LogP contribution in [0.3, 0.4) is 0 Å². The van der Waals surface area contributed by atoms with Gasteiger partial charge in [0.25, 0.3) is 15.9 Å². The van der Waals surface area contributed by atoms with E-state index in [4.69, 9.17) is 9.15 Å². The quantitative estimate of drug-likeness (QED) is 0.572. The number of nitrogens with one attached hydrogen (secondary N) is 3. The predicted octanol–water partition coefficient (Wildman–Crippen LogP) is 1.18. The van der Waals surface area contributed by atoms with Crippen molar-refractivity contribution in [2.45, 2.75) is 18.1 Å². The molecule has 0 aliphatic rings. The van der Waals surface area contributed by atoms with Gasteiger partial charge in [-0.3, -0.25) is 20.4 Å². The third kappa shape index (κ3) is 5.07. The SMILES string of the molecule is CNS(=O)(=O)c1ccc(C(=O)NNC(=O)C(C)Oc2cccc(Br)c2)o1. The van der Waals surface area contributed by atoms with Crippen molar-refractivity contribution in [3.63, 3.8) is 0 Å². The van der Waals surface area contributed by atoms with Crippen LogP contribution in [-0.2, 0) is 14.8 Å². The Balaban J connectivity index is 1.91. The Labute approximate surface area is 158 Å². The fourth-order valence-electron chi connectivity index (χ4n) is 1.77. The van der Waals surface area contributed by atoms with E-state index < -0.39 is 33.0 Å². The van der Waals surface area contributed by atoms with Crippen LogP contribution in [0.15, 0.2) is 50.4 Å². The Hall–Kier alpha value is -2.37. The van der Waals surface area contributed by atoms with Crippen molar-refractivity contribution in [3.8, 4) is 5.75 Å². The minimum Gasteiger partial charge on any atom is -0.481 e. The van der Waals surface area contributed by atoms with Crippen LogP contribution in [0.2, 0.25) is 0 Å². The summed E-state index contributed by atoms with van der Waals surface area (Å²) in [5.74, 6) is -1.22. The topological polar surface area (TPSA) is 127 Å². The van der Waals surface area contributed by atoms with E-state index in [2.05, 4.69) is 31.5 Å². The summed E-state index contributed by atoms with van der Waals surface area (Å²) in [6, 6.07) is 9.23. The molecule has 0 aliphatic carbocycles. The average molecular weight is 446 g/mol. The molecule has 1 atom stereocenters. The Morgan fingerprint density at radius 2 is 1.92 bits per heavy atom. The molecule has 26 heavy (non-hydrogen) atoms. The van der Waals surface area contributed by atoms with Crippen LogP contribution >= 0.6 is 15.9 Å². The fourth-order valence-corrected chi connectivity index (χ4v) is 2.79. The molecule has 1 unspecified atom stereocenters. The van der Waals surface area contributed by atoms with E-state index in [1.807, 2.05) is 6.07 Å². The highest BCUT2D eigenvalue weighted by Crippen LogP contribution is 2.19. The highest BCUT2D eigenvalue weighted by Gasteiger charge is 2.21. The number of hydrogen-bond donors (Lipinski definition) is 3. The Morgan fingerprint density at radius 3 is 2.58 bits per heavy atom. The van der Waals surface area contributed by atoms with Gasteiger partial charge in [-0.15, -0.1) is 0 Å². The van der Waals surface area contributed by atoms with Crippen LogP contribution in [0.5, 0.6) is 5.75 Å². The molecule has 1 heterocycles. The molecule has 2 aromatic rings. The maximum Gasteiger partial charge on any atom is 0.305 e. The maximum atomic E-state index is 12.0. The molecule has 1 aromatic heterocycles. The normalized spacial score (nSPS) is 12.3. The first-order chi connectivity index (χ1) is 12.2. The Morgan fingerprint density at radius 1 is 1.19 bits per heavy atom. The number of halogens is 1. The van der Waals surface area contributed by atoms with Crippen LogP contribution in [-0.4, -0.2) is 33.4 Å². The van der Waals surface area contributed by atoms with E-state index in [0.717, 1.165) is 10.5 Å². The monoisotopic (exact) mass is 445 g/mol. The zero-order valence-corrected chi connectivity index (χ0v) is 16.2. The minimum absolute atomic E-state index is 0.278. The van der Waals surface area contributed by atoms with E-state index in [1.54, 1.807) is 18.2 Å². The summed E-state index contributed by atoms with van der Waals surface area (Å²) in [5.41, 5.74) is 4.30. The van der Waals surface area contributed by atoms with Gasteiger partial charge >= 0.3 is 5.91 Å². The second-order valence-corrected chi connectivity index (χ2v) is 7.72. The maximum absolute atomic E-state index is 12.0. The average Bonchev–Trinajstić information content (AvgIpc) is 3.10. The van der Waals surface area contributed by atoms with Crippen molar-refractivity contribution < 1.29 is 27.2 Å². The summed E-state index contributed by atoms with van der Waals surface area (Å²) in [4.78, 5) is 23.9. The lowest BCUT2D eigenvalue weighted by atomic mass is 10.3. The summed E-state index contributed by atoms with van der Waals surface area (Å²) in [5, 5.41) is -0.414. The molecule has 0 saturated carbocycles. The van der Waals surface area contributed by atoms with Crippen LogP contribution in [0.4, 0.5) is 0 Å². The van der Waals surface area contributed by atoms with Gasteiger partial charge in [-0.25, -0.2) is 13.1 Å². The fraction of sp³-hybridized carbons (Fsp3) is 0.200. The Kier molecular flexibility index (Phi) is 6.40. The van der Waals surface area contributed by atoms with Crippen LogP contribution in [0.25, 0.3) is 0 Å². The van der Waals surface area contributed by atoms with Crippen molar-refractivity contribution in [1.82, 2.24) is 15.6 Å². The van der Waals surface area contributed by atoms with Crippen molar-refractivity contribution in [2.75, 3.05) is 7.05 Å². The smallest absolute Gasteiger partial charge is 0.305 e. The van der Waals surface area contributed by atoms with Crippen molar-refractivity contribution >= 4 is 37.8 Å². The van der Waals surface area contributed by atoms with E-state index in [9.17, 15) is 18.0 Å². The van der Waals surface area contributed by atoms with Crippen LogP contribution in [0, 0.1) is 0 Å². The second kappa shape index (κ2) is 8.34. The molecule has 9 nitrogen and oxygen atoms in total. The molecular weight excluding hydrogens is 430 g/mol. The number of furan rings is 1. The third-order valence-corrected chi connectivity index (χ3v) is 4.90. The summed E-state index contributed by atoms with van der Waals surface area (Å²) >= 11 is 3.29. The number of sulfonamides is 1. The highest BCUT2D eigenvalue weighted by atomic mass is 79.9. The first-order valence-electron chi connectivity index (χ1n) is 7.28. The lowest BCUT2D eigenvalue weighted by molar-refractivity contribution is -0.128. The molecule has 0 bridgehead atoms. The molecule has 1 aromatic carbocycles. The minimum atomic E-state index is -3.80. The van der Waals surface area contributed by atoms with E-state index in [0.29, 0.717) is 5.75 Å². The molecule has 0 aliphatic heterocycles. The molecule has 0 radical (unpaired) electrons. The van der Waals surface area contributed by atoms with Crippen molar-refractivity contribution in [1.29, 1.82) is 0 Å². The zero-order valence-electron chi connectivity index (χ0n) is 13.8. The molecule has 3 N–H and O–H groups in total. The van der Waals surface area contributed by atoms with Gasteiger partial charge in [0, 0.05) is 4.47 Å². The van der Waals surface area contributed by atoms with Gasteiger partial charge < -0.3 is 9.15 Å².